The summed E-state index contributed by atoms with van der Waals surface area (Å²) in [5, 5.41) is 20.0. The highest BCUT2D eigenvalue weighted by Crippen LogP contribution is 2.33. The van der Waals surface area contributed by atoms with Crippen LogP contribution in [0.1, 0.15) is 53.6 Å². The third-order valence-electron chi connectivity index (χ3n) is 10.2. The monoisotopic (exact) mass is 782 g/mol. The van der Waals surface area contributed by atoms with Gasteiger partial charge in [-0.1, -0.05) is 116 Å². The van der Waals surface area contributed by atoms with E-state index < -0.39 is 34.0 Å². The Hall–Kier alpha value is -6.37. The van der Waals surface area contributed by atoms with E-state index >= 15 is 0 Å². The van der Waals surface area contributed by atoms with Crippen LogP contribution in [0.15, 0.2) is 140 Å². The molecule has 1 unspecified atom stereocenters. The van der Waals surface area contributed by atoms with Crippen molar-refractivity contribution in [3.05, 3.63) is 166 Å². The van der Waals surface area contributed by atoms with Crippen LogP contribution >= 0.6 is 0 Å². The largest absolute Gasteiger partial charge is 0.489 e. The van der Waals surface area contributed by atoms with Gasteiger partial charge in [-0.05, 0) is 82.3 Å². The molecule has 7 rings (SSSR count). The van der Waals surface area contributed by atoms with Crippen LogP contribution in [-0.2, 0) is 29.1 Å². The third kappa shape index (κ3) is 9.72. The maximum atomic E-state index is 14.3. The van der Waals surface area contributed by atoms with Crippen molar-refractivity contribution in [1.29, 1.82) is 0 Å². The Morgan fingerprint density at radius 1 is 0.789 bits per heavy atom. The molecule has 0 aromatic heterocycles. The van der Waals surface area contributed by atoms with Crippen molar-refractivity contribution in [3.8, 4) is 16.9 Å². The topological polar surface area (TPSA) is 151 Å². The van der Waals surface area contributed by atoms with Crippen LogP contribution in [0.25, 0.3) is 21.9 Å². The second kappa shape index (κ2) is 18.1. The minimum atomic E-state index is -2.94. The fourth-order valence-electron chi connectivity index (χ4n) is 7.14. The Kier molecular flexibility index (Phi) is 12.3. The second-order valence-electron chi connectivity index (χ2n) is 14.1. The summed E-state index contributed by atoms with van der Waals surface area (Å²) in [7, 11) is 0. The van der Waals surface area contributed by atoms with E-state index in [2.05, 4.69) is 22.8 Å². The minimum absolute atomic E-state index is 0.0590. The molecule has 0 heterocycles. The molecule has 0 aliphatic heterocycles. The summed E-state index contributed by atoms with van der Waals surface area (Å²) < 4.78 is 30.0. The van der Waals surface area contributed by atoms with Gasteiger partial charge in [0.1, 0.15) is 24.1 Å². The number of rotatable bonds is 14. The minimum Gasteiger partial charge on any atom is -0.489 e. The molecule has 1 fully saturated rings. The SMILES string of the molecule is O=C(N[C@@H](Cc1ccc(OCc2ccc(-c3ccccc3)cc2)cc1)C(=O)N(c1ccc(NC2CCCCC2)c([N+](=O)[O-])c1)S(=O)O)c1ccc2ccccc2c1. The molecule has 0 bridgehead atoms. The smallest absolute Gasteiger partial charge is 0.294 e. The van der Waals surface area contributed by atoms with Crippen LogP contribution in [0, 0.1) is 10.1 Å². The number of hydrogen-bond acceptors (Lipinski definition) is 7. The van der Waals surface area contributed by atoms with Gasteiger partial charge in [0.15, 0.2) is 0 Å². The summed E-state index contributed by atoms with van der Waals surface area (Å²) in [6, 6.07) is 40.6. The number of hydrogen-bond donors (Lipinski definition) is 3. The number of fused-ring (bicyclic) bond motifs is 1. The number of carbonyl (C=O) groups excluding carboxylic acids is 2. The number of amides is 2. The number of ether oxygens (including phenoxy) is 1. The predicted octanol–water partition coefficient (Wildman–Crippen LogP) is 9.25. The van der Waals surface area contributed by atoms with Gasteiger partial charge in [0.25, 0.3) is 28.8 Å². The highest BCUT2D eigenvalue weighted by Gasteiger charge is 2.33. The number of nitro groups is 1. The van der Waals surface area contributed by atoms with E-state index in [1.807, 2.05) is 66.7 Å². The van der Waals surface area contributed by atoms with E-state index in [9.17, 15) is 28.5 Å². The van der Waals surface area contributed by atoms with Crippen molar-refractivity contribution in [2.24, 2.45) is 0 Å². The first-order chi connectivity index (χ1) is 27.7. The fraction of sp³-hybridized carbons (Fsp3) is 0.200. The maximum Gasteiger partial charge on any atom is 0.294 e. The van der Waals surface area contributed by atoms with E-state index in [0.717, 1.165) is 65.6 Å². The Morgan fingerprint density at radius 2 is 1.46 bits per heavy atom. The van der Waals surface area contributed by atoms with Gasteiger partial charge in [-0.2, -0.15) is 0 Å². The number of nitro benzene ring substituents is 1. The van der Waals surface area contributed by atoms with Crippen molar-refractivity contribution in [1.82, 2.24) is 5.32 Å². The summed E-state index contributed by atoms with van der Waals surface area (Å²) in [6.45, 7) is 0.329. The van der Waals surface area contributed by atoms with Gasteiger partial charge in [0.2, 0.25) is 0 Å². The quantitative estimate of drug-likeness (QED) is 0.0562. The lowest BCUT2D eigenvalue weighted by Gasteiger charge is -2.26. The molecule has 2 amide bonds. The molecular weight excluding hydrogens is 741 g/mol. The maximum absolute atomic E-state index is 14.3. The van der Waals surface area contributed by atoms with Gasteiger partial charge in [0, 0.05) is 24.1 Å². The summed E-state index contributed by atoms with van der Waals surface area (Å²) in [5.41, 5.74) is 3.90. The molecule has 3 N–H and O–H groups in total. The van der Waals surface area contributed by atoms with Crippen molar-refractivity contribution >= 4 is 50.9 Å². The fourth-order valence-corrected chi connectivity index (χ4v) is 7.72. The standard InChI is InChI=1S/C45H42N4O7S/c50-44(37-22-21-34-11-7-8-12-36(34)28-37)47-42(27-31-17-24-40(25-18-31)56-30-32-15-19-35(20-16-32)33-9-3-1-4-10-33)45(51)48(57(54)55)39-23-26-41(43(29-39)49(52)53)46-38-13-5-2-6-14-38/h1,3-4,7-12,15-26,28-29,38,42,46H,2,5-6,13-14,27,30H2,(H,47,50)(H,54,55)/t42-/m0/s1. The van der Waals surface area contributed by atoms with Crippen LogP contribution in [0.4, 0.5) is 17.1 Å². The van der Waals surface area contributed by atoms with Gasteiger partial charge < -0.3 is 15.4 Å². The Bertz CT molecular complexity index is 2380. The Morgan fingerprint density at radius 3 is 2.16 bits per heavy atom. The molecule has 1 aliphatic carbocycles. The molecule has 0 saturated heterocycles. The number of nitrogens with zero attached hydrogens (tertiary/aromatic N) is 2. The number of nitrogens with one attached hydrogen (secondary N) is 2. The van der Waals surface area contributed by atoms with Crippen LogP contribution < -0.4 is 19.7 Å². The summed E-state index contributed by atoms with van der Waals surface area (Å²) in [6.07, 6.45) is 4.83. The average molecular weight is 783 g/mol. The normalized spacial score (nSPS) is 14.0. The van der Waals surface area contributed by atoms with Crippen molar-refractivity contribution < 1.29 is 28.0 Å². The van der Waals surface area contributed by atoms with Gasteiger partial charge in [-0.3, -0.25) is 24.3 Å². The Balaban J connectivity index is 1.11. The van der Waals surface area contributed by atoms with E-state index in [4.69, 9.17) is 4.74 Å². The zero-order valence-corrected chi connectivity index (χ0v) is 31.9. The van der Waals surface area contributed by atoms with E-state index in [1.54, 1.807) is 42.5 Å². The average Bonchev–Trinajstić information content (AvgIpc) is 3.24. The highest BCUT2D eigenvalue weighted by molar-refractivity contribution is 7.81. The van der Waals surface area contributed by atoms with Crippen molar-refractivity contribution in [2.45, 2.75) is 57.2 Å². The van der Waals surface area contributed by atoms with Gasteiger partial charge in [0.05, 0.1) is 10.6 Å². The molecule has 1 saturated carbocycles. The van der Waals surface area contributed by atoms with Crippen LogP contribution in [0.3, 0.4) is 0 Å². The number of benzene rings is 6. The molecule has 0 radical (unpaired) electrons. The van der Waals surface area contributed by atoms with Crippen LogP contribution in [-0.4, -0.2) is 37.6 Å². The Labute approximate surface area is 333 Å². The number of anilines is 2. The molecule has 290 valence electrons. The highest BCUT2D eigenvalue weighted by atomic mass is 32.2. The van der Waals surface area contributed by atoms with Crippen LogP contribution in [0.5, 0.6) is 5.75 Å². The lowest BCUT2D eigenvalue weighted by atomic mass is 9.95. The van der Waals surface area contributed by atoms with E-state index in [0.29, 0.717) is 22.2 Å². The molecule has 12 heteroatoms. The first-order valence-electron chi connectivity index (χ1n) is 18.9. The first kappa shape index (κ1) is 38.9. The zero-order valence-electron chi connectivity index (χ0n) is 31.1. The molecule has 1 aliphatic rings. The lowest BCUT2D eigenvalue weighted by Crippen LogP contribution is -2.50. The van der Waals surface area contributed by atoms with Crippen molar-refractivity contribution in [3.63, 3.8) is 0 Å². The molecule has 11 nitrogen and oxygen atoms in total. The summed E-state index contributed by atoms with van der Waals surface area (Å²) in [4.78, 5) is 39.7. The third-order valence-corrected chi connectivity index (χ3v) is 10.9. The first-order valence-corrected chi connectivity index (χ1v) is 19.9. The van der Waals surface area contributed by atoms with E-state index in [1.165, 1.54) is 12.1 Å². The van der Waals surface area contributed by atoms with Crippen LogP contribution in [0.2, 0.25) is 0 Å². The summed E-state index contributed by atoms with van der Waals surface area (Å²) >= 11 is -2.94. The molecule has 0 spiro atoms. The molecule has 6 aromatic rings. The summed E-state index contributed by atoms with van der Waals surface area (Å²) in [5.74, 6) is -0.910. The number of carbonyl (C=O) groups is 2. The molecule has 57 heavy (non-hydrogen) atoms. The van der Waals surface area contributed by atoms with Gasteiger partial charge in [-0.15, -0.1) is 0 Å². The van der Waals surface area contributed by atoms with Crippen molar-refractivity contribution in [2.75, 3.05) is 9.62 Å². The van der Waals surface area contributed by atoms with Gasteiger partial charge in [-0.25, -0.2) is 8.51 Å². The van der Waals surface area contributed by atoms with E-state index in [-0.39, 0.29) is 35.1 Å². The lowest BCUT2D eigenvalue weighted by molar-refractivity contribution is -0.383. The molecular formula is C45H42N4O7S. The predicted molar refractivity (Wildman–Crippen MR) is 223 cm³/mol. The zero-order chi connectivity index (χ0) is 39.7. The molecule has 2 atom stereocenters. The molecule has 6 aromatic carbocycles. The van der Waals surface area contributed by atoms with Gasteiger partial charge >= 0.3 is 0 Å². The second-order valence-corrected chi connectivity index (χ2v) is 14.9.